The number of ether oxygens (including phenoxy) is 6. The van der Waals surface area contributed by atoms with E-state index in [9.17, 15) is 48.6 Å². The summed E-state index contributed by atoms with van der Waals surface area (Å²) in [5.74, 6) is -3.22. The van der Waals surface area contributed by atoms with E-state index in [0.29, 0.717) is 74.4 Å². The zero-order chi connectivity index (χ0) is 63.7. The van der Waals surface area contributed by atoms with Gasteiger partial charge in [0.05, 0.1) is 77.8 Å². The number of aliphatic carboxylic acids is 2. The van der Waals surface area contributed by atoms with Crippen molar-refractivity contribution < 1.29 is 77.0 Å². The highest BCUT2D eigenvalue weighted by molar-refractivity contribution is 6.35. The van der Waals surface area contributed by atoms with Crippen molar-refractivity contribution in [2.45, 2.75) is 88.4 Å². The molecule has 0 bridgehead atoms. The number of carboxylic acids is 2. The summed E-state index contributed by atoms with van der Waals surface area (Å²) in [6, 6.07) is 15.4. The molecule has 4 unspecified atom stereocenters. The monoisotopic (exact) mass is 1310 g/mol. The quantitative estimate of drug-likeness (QED) is 0.0201. The number of halogens is 4. The Kier molecular flexibility index (Phi) is 36.1. The molecule has 2 heterocycles. The number of rotatable bonds is 45. The zero-order valence-corrected chi connectivity index (χ0v) is 51.4. The summed E-state index contributed by atoms with van der Waals surface area (Å²) in [5, 5.41) is 42.4. The van der Waals surface area contributed by atoms with Crippen LogP contribution >= 0.6 is 46.4 Å². The van der Waals surface area contributed by atoms with Crippen LogP contribution in [0.5, 0.6) is 0 Å². The summed E-state index contributed by atoms with van der Waals surface area (Å²) in [7, 11) is 0. The molecule has 0 aliphatic carbocycles. The minimum Gasteiger partial charge on any atom is -0.481 e. The average Bonchev–Trinajstić information content (AvgIpc) is 3.28. The number of benzene rings is 2. The van der Waals surface area contributed by atoms with Crippen LogP contribution in [0.15, 0.2) is 85.2 Å². The Bertz CT molecular complexity index is 2560. The SMILES string of the molecule is O=C(O)CC(NC(=O)C(COCCOCCOC(=O)NCCCCNC(=O)OCCOCCOCC(NC(=O)CCCCNc1ccccn1)C(=O)NC(CC(=O)O)c1cc(Cl)cc(Cl)c1)NC(=O)CCCCNc1ccccn1)c1cc(Cl)cc(Cl)c1. The van der Waals surface area contributed by atoms with Gasteiger partial charge in [-0.25, -0.2) is 19.6 Å². The Morgan fingerprint density at radius 1 is 0.443 bits per heavy atom. The standard InChI is InChI=1S/C58H76Cl4N10O16/c59-41-29-39(30-42(60)33-41)45(35-53(75)76)71-55(79)47(69-51(73)13-3-7-17-65-49-11-1-5-15-63-49)37-85-23-21-83-25-27-87-57(81)67-19-9-10-20-68-58(82)88-28-26-84-22-24-86-38-48(70-52(74)14-4-8-18-66-50-12-2-6-16-64-50)56(80)72-46(36-54(77)78)40-31-43(61)34-44(62)32-40/h1-2,5-6,11-12,15-16,29-34,45-48H,3-4,7-10,13-14,17-28,35-38H2,(H,63,65)(H,64,66)(H,67,81)(H,68,82)(H,69,73)(H,70,74)(H,71,79)(H,72,80)(H,75,76)(H,77,78). The van der Waals surface area contributed by atoms with Crippen LogP contribution in [-0.4, -0.2) is 172 Å². The number of unbranched alkanes of at least 4 members (excludes halogenated alkanes) is 3. The van der Waals surface area contributed by atoms with Crippen LogP contribution in [-0.2, 0) is 57.2 Å². The maximum Gasteiger partial charge on any atom is 0.407 e. The highest BCUT2D eigenvalue weighted by Gasteiger charge is 2.28. The van der Waals surface area contributed by atoms with E-state index in [1.165, 1.54) is 36.4 Å². The smallest absolute Gasteiger partial charge is 0.407 e. The molecule has 88 heavy (non-hydrogen) atoms. The van der Waals surface area contributed by atoms with Crippen molar-refractivity contribution in [1.82, 2.24) is 41.9 Å². The summed E-state index contributed by atoms with van der Waals surface area (Å²) >= 11 is 24.6. The maximum absolute atomic E-state index is 13.6. The molecule has 0 fully saturated rings. The van der Waals surface area contributed by atoms with E-state index in [0.717, 1.165) is 0 Å². The van der Waals surface area contributed by atoms with Gasteiger partial charge in [-0.05, 0) is 110 Å². The number of carboxylic acid groups (broad SMARTS) is 2. The minimum absolute atomic E-state index is 0.00526. The molecule has 2 aromatic carbocycles. The summed E-state index contributed by atoms with van der Waals surface area (Å²) < 4.78 is 32.6. The second kappa shape index (κ2) is 43.4. The molecular weight excluding hydrogens is 1230 g/mol. The summed E-state index contributed by atoms with van der Waals surface area (Å²) in [5.41, 5.74) is 0.707. The van der Waals surface area contributed by atoms with E-state index >= 15 is 0 Å². The first kappa shape index (κ1) is 73.2. The van der Waals surface area contributed by atoms with Crippen LogP contribution in [0.1, 0.15) is 87.4 Å². The van der Waals surface area contributed by atoms with Crippen LogP contribution in [0, 0.1) is 0 Å². The van der Waals surface area contributed by atoms with Crippen LogP contribution in [0.2, 0.25) is 20.1 Å². The van der Waals surface area contributed by atoms with E-state index in [1.54, 1.807) is 24.5 Å². The Labute approximate surface area is 529 Å². The number of nitrogens with one attached hydrogen (secondary N) is 8. The second-order valence-corrected chi connectivity index (χ2v) is 21.1. The number of amides is 6. The first-order valence-electron chi connectivity index (χ1n) is 28.4. The predicted octanol–water partition coefficient (Wildman–Crippen LogP) is 6.89. The molecule has 0 radical (unpaired) electrons. The van der Waals surface area contributed by atoms with Gasteiger partial charge in [-0.3, -0.25) is 28.8 Å². The maximum atomic E-state index is 13.6. The molecule has 0 saturated carbocycles. The highest BCUT2D eigenvalue weighted by atomic mass is 35.5. The summed E-state index contributed by atoms with van der Waals surface area (Å²) in [6.45, 7) is 1.06. The number of hydrogen-bond donors (Lipinski definition) is 10. The molecule has 0 aliphatic heterocycles. The number of carbonyl (C=O) groups excluding carboxylic acids is 6. The zero-order valence-electron chi connectivity index (χ0n) is 48.4. The van der Waals surface area contributed by atoms with E-state index in [4.69, 9.17) is 74.8 Å². The number of alkyl carbamates (subject to hydrolysis) is 2. The average molecular weight is 1310 g/mol. The molecule has 4 rings (SSSR count). The first-order valence-corrected chi connectivity index (χ1v) is 29.9. The fraction of sp³-hybridized carbons (Fsp3) is 0.483. The number of aromatic nitrogens is 2. The minimum atomic E-state index is -1.21. The lowest BCUT2D eigenvalue weighted by Gasteiger charge is -2.23. The van der Waals surface area contributed by atoms with Gasteiger partial charge in [0.2, 0.25) is 23.6 Å². The molecule has 4 atom stereocenters. The highest BCUT2D eigenvalue weighted by Crippen LogP contribution is 2.27. The topological polar surface area (TPSA) is 354 Å². The number of hydrogen-bond acceptors (Lipinski definition) is 18. The van der Waals surface area contributed by atoms with E-state index in [2.05, 4.69) is 52.5 Å². The largest absolute Gasteiger partial charge is 0.481 e. The van der Waals surface area contributed by atoms with E-state index in [-0.39, 0.29) is 112 Å². The van der Waals surface area contributed by atoms with E-state index in [1.807, 2.05) is 24.3 Å². The molecule has 0 aliphatic rings. The molecular formula is C58H76Cl4N10O16. The fourth-order valence-corrected chi connectivity index (χ4v) is 9.09. The van der Waals surface area contributed by atoms with Crippen LogP contribution in [0.4, 0.5) is 21.2 Å². The van der Waals surface area contributed by atoms with Crippen LogP contribution in [0.3, 0.4) is 0 Å². The Balaban J connectivity index is 1.06. The molecule has 482 valence electrons. The molecule has 26 nitrogen and oxygen atoms in total. The number of pyridine rings is 2. The fourth-order valence-electron chi connectivity index (χ4n) is 8.00. The lowest BCUT2D eigenvalue weighted by Crippen LogP contribution is -2.50. The van der Waals surface area contributed by atoms with Gasteiger partial charge in [-0.15, -0.1) is 0 Å². The van der Waals surface area contributed by atoms with Gasteiger partial charge in [-0.2, -0.15) is 0 Å². The Morgan fingerprint density at radius 2 is 0.807 bits per heavy atom. The molecule has 10 N–H and O–H groups in total. The lowest BCUT2D eigenvalue weighted by atomic mass is 10.0. The van der Waals surface area contributed by atoms with Crippen molar-refractivity contribution in [3.05, 3.63) is 116 Å². The number of anilines is 2. The van der Waals surface area contributed by atoms with Gasteiger partial charge in [0.1, 0.15) is 36.9 Å². The van der Waals surface area contributed by atoms with Crippen molar-refractivity contribution in [2.24, 2.45) is 0 Å². The third-order valence-electron chi connectivity index (χ3n) is 12.2. The molecule has 4 aromatic rings. The molecule has 0 saturated heterocycles. The van der Waals surface area contributed by atoms with Gasteiger partial charge in [0.15, 0.2) is 0 Å². The van der Waals surface area contributed by atoms with Gasteiger partial charge in [-0.1, -0.05) is 58.5 Å². The first-order chi connectivity index (χ1) is 42.4. The predicted molar refractivity (Wildman–Crippen MR) is 327 cm³/mol. The number of nitrogens with zero attached hydrogens (tertiary/aromatic N) is 2. The normalized spacial score (nSPS) is 12.3. The Hall–Kier alpha value is -7.30. The van der Waals surface area contributed by atoms with Crippen LogP contribution < -0.4 is 42.5 Å². The van der Waals surface area contributed by atoms with Gasteiger partial charge in [0, 0.05) is 71.5 Å². The lowest BCUT2D eigenvalue weighted by molar-refractivity contribution is -0.139. The molecule has 2 aromatic heterocycles. The molecule has 6 amide bonds. The Morgan fingerprint density at radius 3 is 1.17 bits per heavy atom. The number of carbonyl (C=O) groups is 8. The van der Waals surface area contributed by atoms with Crippen molar-refractivity contribution in [2.75, 3.05) is 103 Å². The third kappa shape index (κ3) is 33.2. The van der Waals surface area contributed by atoms with Crippen molar-refractivity contribution in [3.63, 3.8) is 0 Å². The van der Waals surface area contributed by atoms with Gasteiger partial charge >= 0.3 is 24.1 Å². The van der Waals surface area contributed by atoms with Gasteiger partial charge < -0.3 is 81.2 Å². The molecule has 0 spiro atoms. The van der Waals surface area contributed by atoms with E-state index < -0.39 is 84.8 Å². The van der Waals surface area contributed by atoms with Crippen molar-refractivity contribution >= 4 is 106 Å². The molecule has 30 heteroatoms. The van der Waals surface area contributed by atoms with Crippen molar-refractivity contribution in [1.29, 1.82) is 0 Å². The van der Waals surface area contributed by atoms with Crippen LogP contribution in [0.25, 0.3) is 0 Å². The van der Waals surface area contributed by atoms with Gasteiger partial charge in [0.25, 0.3) is 0 Å². The second-order valence-electron chi connectivity index (χ2n) is 19.4. The summed E-state index contributed by atoms with van der Waals surface area (Å²) in [6.07, 6.45) is 4.46. The van der Waals surface area contributed by atoms with Crippen molar-refractivity contribution in [3.8, 4) is 0 Å². The third-order valence-corrected chi connectivity index (χ3v) is 13.1. The summed E-state index contributed by atoms with van der Waals surface area (Å²) in [4.78, 5) is 109.